The van der Waals surface area contributed by atoms with Crippen LogP contribution in [0, 0.1) is 5.92 Å². The molecular formula is C19H36O4S2. The first-order valence-electron chi connectivity index (χ1n) is 10.1. The Labute approximate surface area is 156 Å². The molecule has 0 N–H and O–H groups in total. The predicted molar refractivity (Wildman–Crippen MR) is 107 cm³/mol. The van der Waals surface area contributed by atoms with Gasteiger partial charge in [-0.15, -0.1) is 10.3 Å². The Balaban J connectivity index is 2.11. The minimum atomic E-state index is -3.54. The molecule has 2 aliphatic carbocycles. The number of ketones is 1. The molecule has 1 unspecified atom stereocenters. The summed E-state index contributed by atoms with van der Waals surface area (Å²) in [5.41, 5.74) is 0. The lowest BCUT2D eigenvalue weighted by molar-refractivity contribution is -0.121. The van der Waals surface area contributed by atoms with E-state index in [1.54, 1.807) is 0 Å². The molecule has 0 aromatic heterocycles. The molecular weight excluding hydrogens is 356 g/mol. The van der Waals surface area contributed by atoms with Gasteiger partial charge in [0.25, 0.3) is 10.1 Å². The van der Waals surface area contributed by atoms with Gasteiger partial charge in [-0.2, -0.15) is 8.42 Å². The van der Waals surface area contributed by atoms with Gasteiger partial charge in [0, 0.05) is 11.2 Å². The molecule has 0 bridgehead atoms. The van der Waals surface area contributed by atoms with Gasteiger partial charge in [0.1, 0.15) is 5.78 Å². The van der Waals surface area contributed by atoms with Crippen LogP contribution in [0.15, 0.2) is 0 Å². The summed E-state index contributed by atoms with van der Waals surface area (Å²) in [6, 6.07) is 0. The van der Waals surface area contributed by atoms with Gasteiger partial charge < -0.3 is 0 Å². The highest BCUT2D eigenvalue weighted by atomic mass is 32.3. The van der Waals surface area contributed by atoms with E-state index in [9.17, 15) is 13.2 Å². The number of Topliss-reactive ketones (excluding diaryl/α,β-unsaturated/α-hetero) is 1. The fourth-order valence-corrected chi connectivity index (χ4v) is 9.99. The van der Waals surface area contributed by atoms with Crippen LogP contribution in [0.4, 0.5) is 0 Å². The number of carbonyl (C=O) groups excluding carboxylic acids is 1. The maximum atomic E-state index is 12.9. The molecule has 25 heavy (non-hydrogen) atoms. The van der Waals surface area contributed by atoms with E-state index in [0.717, 1.165) is 57.8 Å². The van der Waals surface area contributed by atoms with Crippen LogP contribution >= 0.6 is 10.3 Å². The molecule has 0 spiro atoms. The molecule has 0 aliphatic heterocycles. The van der Waals surface area contributed by atoms with Crippen LogP contribution in [0.25, 0.3) is 0 Å². The molecule has 148 valence electrons. The van der Waals surface area contributed by atoms with E-state index in [4.69, 9.17) is 3.63 Å². The fourth-order valence-electron chi connectivity index (χ4n) is 4.18. The van der Waals surface area contributed by atoms with E-state index in [-0.39, 0.29) is 22.7 Å². The third-order valence-electron chi connectivity index (χ3n) is 5.75. The Morgan fingerprint density at radius 1 is 0.960 bits per heavy atom. The number of unbranched alkanes of at least 4 members (excludes halogenated alkanes) is 1. The summed E-state index contributed by atoms with van der Waals surface area (Å²) < 4.78 is 30.8. The quantitative estimate of drug-likeness (QED) is 0.556. The zero-order valence-electron chi connectivity index (χ0n) is 16.0. The highest BCUT2D eigenvalue weighted by Crippen LogP contribution is 2.56. The van der Waals surface area contributed by atoms with E-state index in [2.05, 4.69) is 0 Å². The zero-order valence-corrected chi connectivity index (χ0v) is 17.6. The second-order valence-corrected chi connectivity index (χ2v) is 13.1. The van der Waals surface area contributed by atoms with Gasteiger partial charge in [-0.25, -0.2) is 3.63 Å². The summed E-state index contributed by atoms with van der Waals surface area (Å²) in [6.07, 6.45) is 14.3. The van der Waals surface area contributed by atoms with Crippen molar-refractivity contribution in [1.29, 1.82) is 0 Å². The summed E-state index contributed by atoms with van der Waals surface area (Å²) in [5, 5.41) is 0.255. The number of carbonyl (C=O) groups is 1. The average molecular weight is 393 g/mol. The van der Waals surface area contributed by atoms with Crippen LogP contribution in [0.1, 0.15) is 84.0 Å². The Kier molecular flexibility index (Phi) is 8.28. The number of hydrogen-bond acceptors (Lipinski definition) is 4. The van der Waals surface area contributed by atoms with Crippen molar-refractivity contribution in [3.05, 3.63) is 0 Å². The Hall–Kier alpha value is -0.0700. The van der Waals surface area contributed by atoms with Crippen molar-refractivity contribution < 1.29 is 16.8 Å². The van der Waals surface area contributed by atoms with E-state index < -0.39 is 20.4 Å². The van der Waals surface area contributed by atoms with Gasteiger partial charge in [-0.05, 0) is 38.4 Å². The van der Waals surface area contributed by atoms with Crippen LogP contribution in [0.3, 0.4) is 0 Å². The molecule has 2 rings (SSSR count). The van der Waals surface area contributed by atoms with Gasteiger partial charge in [-0.3, -0.25) is 4.79 Å². The van der Waals surface area contributed by atoms with Gasteiger partial charge in [-0.1, -0.05) is 51.9 Å². The normalized spacial score (nSPS) is 24.6. The minimum absolute atomic E-state index is 0.0798. The van der Waals surface area contributed by atoms with Crippen molar-refractivity contribution >= 4 is 26.2 Å². The maximum Gasteiger partial charge on any atom is 0.276 e. The highest BCUT2D eigenvalue weighted by molar-refractivity contribution is 8.33. The van der Waals surface area contributed by atoms with Gasteiger partial charge >= 0.3 is 0 Å². The third kappa shape index (κ3) is 6.55. The molecule has 4 nitrogen and oxygen atoms in total. The van der Waals surface area contributed by atoms with E-state index in [1.165, 1.54) is 12.8 Å². The minimum Gasteiger partial charge on any atom is -0.298 e. The van der Waals surface area contributed by atoms with Crippen LogP contribution in [0.2, 0.25) is 0 Å². The van der Waals surface area contributed by atoms with Gasteiger partial charge in [0.05, 0.1) is 11.5 Å². The van der Waals surface area contributed by atoms with E-state index >= 15 is 0 Å². The molecule has 2 saturated carbocycles. The number of rotatable bonds is 9. The Morgan fingerprint density at radius 3 is 2.08 bits per heavy atom. The fraction of sp³-hybridized carbons (Fsp3) is 0.947. The van der Waals surface area contributed by atoms with Crippen LogP contribution < -0.4 is 0 Å². The van der Waals surface area contributed by atoms with Gasteiger partial charge in [0.15, 0.2) is 0 Å². The predicted octanol–water partition coefficient (Wildman–Crippen LogP) is 4.96. The van der Waals surface area contributed by atoms with Crippen molar-refractivity contribution in [1.82, 2.24) is 0 Å². The molecule has 0 aromatic rings. The smallest absolute Gasteiger partial charge is 0.276 e. The summed E-state index contributed by atoms with van der Waals surface area (Å²) in [7, 11) is -5.46. The molecule has 6 heteroatoms. The molecule has 0 radical (unpaired) electrons. The average Bonchev–Trinajstić information content (AvgIpc) is 2.61. The summed E-state index contributed by atoms with van der Waals surface area (Å²) in [6.45, 7) is 1.98. The molecule has 2 aliphatic rings. The largest absolute Gasteiger partial charge is 0.298 e. The molecule has 0 heterocycles. The summed E-state index contributed by atoms with van der Waals surface area (Å²) in [4.78, 5) is 12.9. The molecule has 0 saturated heterocycles. The Morgan fingerprint density at radius 2 is 1.52 bits per heavy atom. The highest BCUT2D eigenvalue weighted by Gasteiger charge is 2.38. The van der Waals surface area contributed by atoms with Crippen molar-refractivity contribution in [3.63, 3.8) is 0 Å². The third-order valence-corrected chi connectivity index (χ3v) is 11.4. The lowest BCUT2D eigenvalue weighted by Gasteiger charge is -2.43. The van der Waals surface area contributed by atoms with E-state index in [1.807, 2.05) is 13.2 Å². The molecule has 0 aromatic carbocycles. The number of hydrogen-bond donors (Lipinski definition) is 0. The first-order valence-corrected chi connectivity index (χ1v) is 13.9. The van der Waals surface area contributed by atoms with Gasteiger partial charge in [0.2, 0.25) is 0 Å². The molecule has 2 fully saturated rings. The lowest BCUT2D eigenvalue weighted by atomic mass is 9.87. The monoisotopic (exact) mass is 392 g/mol. The van der Waals surface area contributed by atoms with Crippen molar-refractivity contribution in [2.24, 2.45) is 5.92 Å². The van der Waals surface area contributed by atoms with Crippen molar-refractivity contribution in [2.75, 3.05) is 17.8 Å². The van der Waals surface area contributed by atoms with Crippen molar-refractivity contribution in [2.45, 2.75) is 89.2 Å². The lowest BCUT2D eigenvalue weighted by Crippen LogP contribution is -2.33. The van der Waals surface area contributed by atoms with E-state index in [0.29, 0.717) is 12.2 Å². The zero-order chi connectivity index (χ0) is 18.3. The molecule has 1 atom stereocenters. The SMILES string of the molecule is CCCCS(=O)(=O)OS(C)(CC(=O)C1CCCCC1)C1CCCCC1. The molecule has 0 amide bonds. The Bertz CT molecular complexity index is 520. The van der Waals surface area contributed by atoms with Crippen molar-refractivity contribution in [3.8, 4) is 0 Å². The first kappa shape index (κ1) is 21.2. The topological polar surface area (TPSA) is 60.4 Å². The standard InChI is InChI=1S/C19H36O4S2/c1-3-4-15-25(21,22)23-24(2,18-13-9-6-10-14-18)16-19(20)17-11-7-5-8-12-17/h17-18H,3-16H2,1-2H3. The van der Waals surface area contributed by atoms with Crippen LogP contribution in [-0.2, 0) is 18.5 Å². The van der Waals surface area contributed by atoms with Crippen LogP contribution in [-0.4, -0.2) is 37.2 Å². The van der Waals surface area contributed by atoms with Crippen LogP contribution in [0.5, 0.6) is 0 Å². The second-order valence-electron chi connectivity index (χ2n) is 7.96. The summed E-state index contributed by atoms with van der Waals surface area (Å²) >= 11 is 0. The second kappa shape index (κ2) is 9.75. The summed E-state index contributed by atoms with van der Waals surface area (Å²) in [5.74, 6) is 0.809. The maximum absolute atomic E-state index is 12.9. The first-order chi connectivity index (χ1) is 11.9.